The van der Waals surface area contributed by atoms with Gasteiger partial charge in [0.1, 0.15) is 30.1 Å². The van der Waals surface area contributed by atoms with Crippen LogP contribution in [0.15, 0.2) is 28.0 Å². The Morgan fingerprint density at radius 3 is 3.09 bits per heavy atom. The topological polar surface area (TPSA) is 84.4 Å². The fourth-order valence-corrected chi connectivity index (χ4v) is 3.71. The number of nitrogens with zero attached hydrogens (tertiary/aromatic N) is 4. The second kappa shape index (κ2) is 5.99. The van der Waals surface area contributed by atoms with E-state index in [1.807, 2.05) is 12.1 Å². The Bertz CT molecular complexity index is 619. The fraction of sp³-hybridized carbons (Fsp3) is 0.615. The van der Waals surface area contributed by atoms with E-state index in [2.05, 4.69) is 15.5 Å². The minimum atomic E-state index is -0.0728. The van der Waals surface area contributed by atoms with Crippen LogP contribution in [0.25, 0.3) is 0 Å². The molecule has 0 bridgehead atoms. The first kappa shape index (κ1) is 14.2. The van der Waals surface area contributed by atoms with Crippen molar-refractivity contribution in [3.63, 3.8) is 0 Å². The fourth-order valence-electron chi connectivity index (χ4n) is 2.87. The van der Waals surface area contributed by atoms with Crippen molar-refractivity contribution in [3.8, 4) is 0 Å². The predicted molar refractivity (Wildman–Crippen MR) is 75.4 cm³/mol. The SMILES string of the molecule is COC1COC2C1OCC2n1nnnc1SCc1ccco1. The zero-order valence-corrected chi connectivity index (χ0v) is 12.8. The van der Waals surface area contributed by atoms with Crippen LogP contribution >= 0.6 is 11.8 Å². The molecule has 0 spiro atoms. The molecule has 2 aromatic heterocycles. The Kier molecular flexibility index (Phi) is 3.87. The molecule has 0 aromatic carbocycles. The van der Waals surface area contributed by atoms with E-state index in [9.17, 15) is 0 Å². The maximum Gasteiger partial charge on any atom is 0.210 e. The summed E-state index contributed by atoms with van der Waals surface area (Å²) in [5, 5.41) is 12.7. The molecule has 118 valence electrons. The molecular weight excluding hydrogens is 308 g/mol. The monoisotopic (exact) mass is 324 g/mol. The number of hydrogen-bond donors (Lipinski definition) is 0. The molecule has 2 aliphatic rings. The second-order valence-electron chi connectivity index (χ2n) is 5.21. The van der Waals surface area contributed by atoms with E-state index in [1.54, 1.807) is 18.1 Å². The van der Waals surface area contributed by atoms with Gasteiger partial charge in [-0.2, -0.15) is 0 Å². The highest BCUT2D eigenvalue weighted by Crippen LogP contribution is 2.36. The molecule has 2 aliphatic heterocycles. The maximum absolute atomic E-state index is 5.83. The molecule has 4 unspecified atom stereocenters. The zero-order chi connectivity index (χ0) is 14.9. The van der Waals surface area contributed by atoms with Crippen molar-refractivity contribution in [3.05, 3.63) is 24.2 Å². The number of tetrazole rings is 1. The van der Waals surface area contributed by atoms with Gasteiger partial charge in [0.05, 0.1) is 25.2 Å². The van der Waals surface area contributed by atoms with Crippen molar-refractivity contribution < 1.29 is 18.6 Å². The van der Waals surface area contributed by atoms with Crippen LogP contribution in [0.5, 0.6) is 0 Å². The summed E-state index contributed by atoms with van der Waals surface area (Å²) in [5.74, 6) is 1.56. The van der Waals surface area contributed by atoms with Crippen LogP contribution in [0, 0.1) is 0 Å². The number of furan rings is 1. The van der Waals surface area contributed by atoms with Crippen molar-refractivity contribution in [1.82, 2.24) is 20.2 Å². The van der Waals surface area contributed by atoms with E-state index in [0.717, 1.165) is 10.9 Å². The van der Waals surface area contributed by atoms with Gasteiger partial charge in [-0.1, -0.05) is 11.8 Å². The van der Waals surface area contributed by atoms with Crippen LogP contribution in [-0.2, 0) is 20.0 Å². The van der Waals surface area contributed by atoms with Crippen molar-refractivity contribution in [2.45, 2.75) is 35.3 Å². The Morgan fingerprint density at radius 1 is 1.36 bits per heavy atom. The Morgan fingerprint density at radius 2 is 2.27 bits per heavy atom. The van der Waals surface area contributed by atoms with Gasteiger partial charge in [0.2, 0.25) is 5.16 Å². The maximum atomic E-state index is 5.83. The van der Waals surface area contributed by atoms with Crippen LogP contribution in [0.2, 0.25) is 0 Å². The summed E-state index contributed by atoms with van der Waals surface area (Å²) in [7, 11) is 1.68. The van der Waals surface area contributed by atoms with Crippen molar-refractivity contribution >= 4 is 11.8 Å². The van der Waals surface area contributed by atoms with Crippen LogP contribution in [0.4, 0.5) is 0 Å². The Balaban J connectivity index is 1.48. The number of rotatable bonds is 5. The van der Waals surface area contributed by atoms with E-state index in [4.69, 9.17) is 18.6 Å². The van der Waals surface area contributed by atoms with Gasteiger partial charge in [0.15, 0.2) is 0 Å². The molecule has 0 amide bonds. The summed E-state index contributed by atoms with van der Waals surface area (Å²) in [6, 6.07) is 3.77. The minimum Gasteiger partial charge on any atom is -0.468 e. The van der Waals surface area contributed by atoms with Crippen molar-refractivity contribution in [2.24, 2.45) is 0 Å². The summed E-state index contributed by atoms with van der Waals surface area (Å²) in [6.07, 6.45) is 1.51. The van der Waals surface area contributed by atoms with E-state index in [0.29, 0.717) is 19.0 Å². The van der Waals surface area contributed by atoms with E-state index >= 15 is 0 Å². The molecule has 0 radical (unpaired) electrons. The molecule has 0 N–H and O–H groups in total. The molecule has 2 fully saturated rings. The highest BCUT2D eigenvalue weighted by Gasteiger charge is 2.49. The molecule has 0 saturated carbocycles. The second-order valence-corrected chi connectivity index (χ2v) is 6.15. The Hall–Kier alpha value is -1.42. The summed E-state index contributed by atoms with van der Waals surface area (Å²) >= 11 is 1.53. The predicted octanol–water partition coefficient (Wildman–Crippen LogP) is 0.912. The van der Waals surface area contributed by atoms with E-state index < -0.39 is 0 Å². The standard InChI is InChI=1S/C13H16N4O4S/c1-18-10-6-21-11-9(5-20-12(10)11)17-13(14-15-16-17)22-7-8-3-2-4-19-8/h2-4,9-12H,5-7H2,1H3. The highest BCUT2D eigenvalue weighted by atomic mass is 32.2. The lowest BCUT2D eigenvalue weighted by atomic mass is 10.1. The highest BCUT2D eigenvalue weighted by molar-refractivity contribution is 7.98. The molecular formula is C13H16N4O4S. The van der Waals surface area contributed by atoms with Crippen LogP contribution in [0.1, 0.15) is 11.8 Å². The first-order valence-electron chi connectivity index (χ1n) is 7.06. The van der Waals surface area contributed by atoms with Gasteiger partial charge in [-0.3, -0.25) is 0 Å². The van der Waals surface area contributed by atoms with Gasteiger partial charge in [0, 0.05) is 7.11 Å². The Labute approximate surface area is 131 Å². The molecule has 4 heterocycles. The number of aromatic nitrogens is 4. The molecule has 4 rings (SSSR count). The van der Waals surface area contributed by atoms with Gasteiger partial charge in [-0.25, -0.2) is 4.68 Å². The number of ether oxygens (including phenoxy) is 3. The smallest absolute Gasteiger partial charge is 0.210 e. The first-order chi connectivity index (χ1) is 10.9. The number of fused-ring (bicyclic) bond motifs is 1. The normalized spacial score (nSPS) is 30.8. The molecule has 0 aliphatic carbocycles. The molecule has 4 atom stereocenters. The minimum absolute atomic E-state index is 0.0225. The lowest BCUT2D eigenvalue weighted by molar-refractivity contribution is -0.00928. The van der Waals surface area contributed by atoms with Crippen LogP contribution < -0.4 is 0 Å². The van der Waals surface area contributed by atoms with Crippen LogP contribution in [0.3, 0.4) is 0 Å². The molecule has 9 heteroatoms. The number of methoxy groups -OCH3 is 1. The van der Waals surface area contributed by atoms with E-state index in [1.165, 1.54) is 11.8 Å². The largest absolute Gasteiger partial charge is 0.468 e. The first-order valence-corrected chi connectivity index (χ1v) is 8.04. The number of hydrogen-bond acceptors (Lipinski definition) is 8. The number of thioether (sulfide) groups is 1. The third-order valence-corrected chi connectivity index (χ3v) is 4.94. The third-order valence-electron chi connectivity index (χ3n) is 3.98. The molecule has 8 nitrogen and oxygen atoms in total. The molecule has 2 aromatic rings. The lowest BCUT2D eigenvalue weighted by Crippen LogP contribution is -2.31. The average molecular weight is 324 g/mol. The molecule has 22 heavy (non-hydrogen) atoms. The van der Waals surface area contributed by atoms with Gasteiger partial charge >= 0.3 is 0 Å². The summed E-state index contributed by atoms with van der Waals surface area (Å²) < 4.78 is 24.2. The van der Waals surface area contributed by atoms with Gasteiger partial charge in [0.25, 0.3) is 0 Å². The third kappa shape index (κ3) is 2.43. The van der Waals surface area contributed by atoms with Crippen molar-refractivity contribution in [2.75, 3.05) is 20.3 Å². The van der Waals surface area contributed by atoms with Gasteiger partial charge in [-0.05, 0) is 22.6 Å². The van der Waals surface area contributed by atoms with E-state index in [-0.39, 0.29) is 24.4 Å². The summed E-state index contributed by atoms with van der Waals surface area (Å²) in [6.45, 7) is 1.06. The summed E-state index contributed by atoms with van der Waals surface area (Å²) in [5.41, 5.74) is 0. The average Bonchev–Trinajstić information content (AvgIpc) is 3.28. The van der Waals surface area contributed by atoms with Gasteiger partial charge in [-0.15, -0.1) is 5.10 Å². The van der Waals surface area contributed by atoms with Crippen LogP contribution in [-0.4, -0.2) is 58.8 Å². The van der Waals surface area contributed by atoms with Gasteiger partial charge < -0.3 is 18.6 Å². The lowest BCUT2D eigenvalue weighted by Gasteiger charge is -2.16. The quantitative estimate of drug-likeness (QED) is 0.751. The summed E-state index contributed by atoms with van der Waals surface area (Å²) in [4.78, 5) is 0. The molecule has 2 saturated heterocycles. The zero-order valence-electron chi connectivity index (χ0n) is 12.0. The van der Waals surface area contributed by atoms with Crippen molar-refractivity contribution in [1.29, 1.82) is 0 Å².